The third-order valence-electron chi connectivity index (χ3n) is 6.43. The lowest BCUT2D eigenvalue weighted by Crippen LogP contribution is -2.47. The van der Waals surface area contributed by atoms with Crippen LogP contribution in [0.1, 0.15) is 63.5 Å². The number of rotatable bonds is 11. The minimum atomic E-state index is -0.938. The Kier molecular flexibility index (Phi) is 8.31. The number of benzene rings is 2. The molecule has 3 rings (SSSR count). The monoisotopic (exact) mass is 466 g/mol. The van der Waals surface area contributed by atoms with Crippen LogP contribution in [0.25, 0.3) is 11.1 Å². The first-order valence-electron chi connectivity index (χ1n) is 11.9. The Morgan fingerprint density at radius 3 is 2.18 bits per heavy atom. The fourth-order valence-corrected chi connectivity index (χ4v) is 4.19. The highest BCUT2D eigenvalue weighted by molar-refractivity contribution is 5.85. The molecule has 0 spiro atoms. The Bertz CT molecular complexity index is 988. The van der Waals surface area contributed by atoms with Gasteiger partial charge in [-0.2, -0.15) is 0 Å². The van der Waals surface area contributed by atoms with E-state index in [0.717, 1.165) is 35.1 Å². The number of hydrogen-bond acceptors (Lipinski definition) is 4. The molecular formula is C27H34N2O5. The molecule has 1 aliphatic carbocycles. The largest absolute Gasteiger partial charge is 0.481 e. The van der Waals surface area contributed by atoms with Crippen molar-refractivity contribution in [2.45, 2.75) is 58.4 Å². The molecule has 3 N–H and O–H groups in total. The summed E-state index contributed by atoms with van der Waals surface area (Å²) in [5, 5.41) is 14.7. The lowest BCUT2D eigenvalue weighted by Gasteiger charge is -2.22. The summed E-state index contributed by atoms with van der Waals surface area (Å²) in [6, 6.07) is 15.5. The Hall–Kier alpha value is -3.35. The number of hydrogen-bond donors (Lipinski definition) is 3. The summed E-state index contributed by atoms with van der Waals surface area (Å²) in [5.41, 5.74) is 3.61. The molecule has 34 heavy (non-hydrogen) atoms. The van der Waals surface area contributed by atoms with Crippen LogP contribution in [0.2, 0.25) is 0 Å². The molecule has 0 aliphatic heterocycles. The summed E-state index contributed by atoms with van der Waals surface area (Å²) in [6.45, 7) is 5.63. The number of carboxylic acid groups (broad SMARTS) is 1. The standard InChI is InChI=1S/C27H34N2O5/c1-4-5-14-23(24(30)28-16-15-27(2,3)25(31)32)29-26(33)34-17-22-20-12-8-6-10-18(20)19-11-7-9-13-21(19)22/h6-13,22-23H,4-5,14-17H2,1-3H3,(H,28,30)(H,29,33)(H,31,32). The maximum absolute atomic E-state index is 12.7. The third kappa shape index (κ3) is 5.95. The van der Waals surface area contributed by atoms with Crippen LogP contribution in [-0.2, 0) is 14.3 Å². The summed E-state index contributed by atoms with van der Waals surface area (Å²) in [5.74, 6) is -1.30. The number of carbonyl (C=O) groups is 3. The molecule has 7 nitrogen and oxygen atoms in total. The minimum absolute atomic E-state index is 0.0562. The van der Waals surface area contributed by atoms with Crippen LogP contribution in [0.15, 0.2) is 48.5 Å². The zero-order valence-corrected chi connectivity index (χ0v) is 20.1. The van der Waals surface area contributed by atoms with Gasteiger partial charge in [0.1, 0.15) is 12.6 Å². The Morgan fingerprint density at radius 1 is 1.03 bits per heavy atom. The quantitative estimate of drug-likeness (QED) is 0.445. The van der Waals surface area contributed by atoms with Gasteiger partial charge in [-0.05, 0) is 48.9 Å². The molecular weight excluding hydrogens is 432 g/mol. The average molecular weight is 467 g/mol. The predicted octanol–water partition coefficient (Wildman–Crippen LogP) is 4.70. The first-order chi connectivity index (χ1) is 16.2. The highest BCUT2D eigenvalue weighted by atomic mass is 16.5. The number of nitrogens with one attached hydrogen (secondary N) is 2. The van der Waals surface area contributed by atoms with Gasteiger partial charge in [0.2, 0.25) is 5.91 Å². The van der Waals surface area contributed by atoms with Crippen molar-refractivity contribution >= 4 is 18.0 Å². The van der Waals surface area contributed by atoms with Crippen molar-refractivity contribution in [1.82, 2.24) is 10.6 Å². The smallest absolute Gasteiger partial charge is 0.407 e. The van der Waals surface area contributed by atoms with Crippen LogP contribution < -0.4 is 10.6 Å². The highest BCUT2D eigenvalue weighted by Gasteiger charge is 2.30. The van der Waals surface area contributed by atoms with Gasteiger partial charge in [0.15, 0.2) is 0 Å². The molecule has 1 aliphatic rings. The van der Waals surface area contributed by atoms with Crippen molar-refractivity contribution in [2.24, 2.45) is 5.41 Å². The van der Waals surface area contributed by atoms with E-state index < -0.39 is 23.5 Å². The van der Waals surface area contributed by atoms with Gasteiger partial charge in [0.05, 0.1) is 5.41 Å². The SMILES string of the molecule is CCCCC(NC(=O)OCC1c2ccccc2-c2ccccc21)C(=O)NCCC(C)(C)C(=O)O. The van der Waals surface area contributed by atoms with Crippen molar-refractivity contribution < 1.29 is 24.2 Å². The fourth-order valence-electron chi connectivity index (χ4n) is 4.19. The number of unbranched alkanes of at least 4 members (excludes halogenated alkanes) is 1. The molecule has 1 unspecified atom stereocenters. The number of aliphatic carboxylic acids is 1. The molecule has 0 bridgehead atoms. The number of amides is 2. The third-order valence-corrected chi connectivity index (χ3v) is 6.43. The van der Waals surface area contributed by atoms with Gasteiger partial charge in [-0.1, -0.05) is 68.3 Å². The van der Waals surface area contributed by atoms with Crippen LogP contribution in [0.5, 0.6) is 0 Å². The van der Waals surface area contributed by atoms with E-state index in [9.17, 15) is 19.5 Å². The van der Waals surface area contributed by atoms with Gasteiger partial charge in [-0.3, -0.25) is 9.59 Å². The molecule has 2 amide bonds. The zero-order chi connectivity index (χ0) is 24.7. The van der Waals surface area contributed by atoms with Gasteiger partial charge >= 0.3 is 12.1 Å². The van der Waals surface area contributed by atoms with Gasteiger partial charge < -0.3 is 20.5 Å². The van der Waals surface area contributed by atoms with Gasteiger partial charge in [-0.25, -0.2) is 4.79 Å². The van der Waals surface area contributed by atoms with Crippen LogP contribution in [-0.4, -0.2) is 42.3 Å². The summed E-state index contributed by atoms with van der Waals surface area (Å²) in [6.07, 6.45) is 1.78. The van der Waals surface area contributed by atoms with Crippen LogP contribution in [0, 0.1) is 5.41 Å². The first kappa shape index (κ1) is 25.3. The van der Waals surface area contributed by atoms with Crippen LogP contribution in [0.4, 0.5) is 4.79 Å². The van der Waals surface area contributed by atoms with E-state index in [1.54, 1.807) is 13.8 Å². The molecule has 2 aromatic carbocycles. The van der Waals surface area contributed by atoms with E-state index in [0.29, 0.717) is 12.8 Å². The predicted molar refractivity (Wildman–Crippen MR) is 131 cm³/mol. The summed E-state index contributed by atoms with van der Waals surface area (Å²) < 4.78 is 5.58. The summed E-state index contributed by atoms with van der Waals surface area (Å²) in [7, 11) is 0. The van der Waals surface area contributed by atoms with E-state index in [4.69, 9.17) is 4.74 Å². The summed E-state index contributed by atoms with van der Waals surface area (Å²) >= 11 is 0. The molecule has 2 aromatic rings. The number of ether oxygens (including phenoxy) is 1. The van der Waals surface area contributed by atoms with Gasteiger partial charge in [0, 0.05) is 12.5 Å². The van der Waals surface area contributed by atoms with E-state index in [-0.39, 0.29) is 25.0 Å². The maximum Gasteiger partial charge on any atom is 0.407 e. The van der Waals surface area contributed by atoms with Gasteiger partial charge in [0.25, 0.3) is 0 Å². The minimum Gasteiger partial charge on any atom is -0.481 e. The van der Waals surface area contributed by atoms with Crippen LogP contribution >= 0.6 is 0 Å². The number of carboxylic acids is 1. The van der Waals surface area contributed by atoms with Crippen molar-refractivity contribution in [2.75, 3.05) is 13.2 Å². The van der Waals surface area contributed by atoms with Crippen LogP contribution in [0.3, 0.4) is 0 Å². The Morgan fingerprint density at radius 2 is 1.62 bits per heavy atom. The second-order valence-corrected chi connectivity index (χ2v) is 9.39. The molecule has 0 saturated carbocycles. The number of fused-ring (bicyclic) bond motifs is 3. The van der Waals surface area contributed by atoms with Gasteiger partial charge in [-0.15, -0.1) is 0 Å². The van der Waals surface area contributed by atoms with E-state index in [2.05, 4.69) is 34.9 Å². The number of alkyl carbamates (subject to hydrolysis) is 1. The molecule has 182 valence electrons. The molecule has 0 fully saturated rings. The highest BCUT2D eigenvalue weighted by Crippen LogP contribution is 2.44. The van der Waals surface area contributed by atoms with E-state index in [1.807, 2.05) is 31.2 Å². The van der Waals surface area contributed by atoms with Crippen molar-refractivity contribution in [3.8, 4) is 11.1 Å². The fraction of sp³-hybridized carbons (Fsp3) is 0.444. The topological polar surface area (TPSA) is 105 Å². The Labute approximate surface area is 200 Å². The normalized spacial score (nSPS) is 13.5. The lowest BCUT2D eigenvalue weighted by atomic mass is 9.89. The van der Waals surface area contributed by atoms with E-state index >= 15 is 0 Å². The second-order valence-electron chi connectivity index (χ2n) is 9.39. The number of carbonyl (C=O) groups excluding carboxylic acids is 2. The zero-order valence-electron chi connectivity index (χ0n) is 20.1. The summed E-state index contributed by atoms with van der Waals surface area (Å²) in [4.78, 5) is 36.6. The molecule has 0 saturated heterocycles. The van der Waals surface area contributed by atoms with Crippen molar-refractivity contribution in [3.05, 3.63) is 59.7 Å². The van der Waals surface area contributed by atoms with E-state index in [1.165, 1.54) is 0 Å². The average Bonchev–Trinajstić information content (AvgIpc) is 3.14. The molecule has 0 aromatic heterocycles. The molecule has 0 radical (unpaired) electrons. The Balaban J connectivity index is 1.59. The molecule has 7 heteroatoms. The lowest BCUT2D eigenvalue weighted by molar-refractivity contribution is -0.147. The van der Waals surface area contributed by atoms with Crippen molar-refractivity contribution in [1.29, 1.82) is 0 Å². The molecule has 1 atom stereocenters. The van der Waals surface area contributed by atoms with Crippen molar-refractivity contribution in [3.63, 3.8) is 0 Å². The molecule has 0 heterocycles. The maximum atomic E-state index is 12.7. The first-order valence-corrected chi connectivity index (χ1v) is 11.9. The second kappa shape index (κ2) is 11.2.